The Bertz CT molecular complexity index is 684. The van der Waals surface area contributed by atoms with Crippen molar-refractivity contribution in [1.82, 2.24) is 10.2 Å². The van der Waals surface area contributed by atoms with Gasteiger partial charge in [-0.3, -0.25) is 19.8 Å². The zero-order valence-corrected chi connectivity index (χ0v) is 11.5. The molecule has 1 aromatic rings. The number of halogens is 1. The van der Waals surface area contributed by atoms with Gasteiger partial charge in [-0.1, -0.05) is 23.7 Å². The lowest BCUT2D eigenvalue weighted by Gasteiger charge is -2.06. The average molecular weight is 308 g/mol. The Morgan fingerprint density at radius 1 is 1.43 bits per heavy atom. The number of benzene rings is 1. The summed E-state index contributed by atoms with van der Waals surface area (Å²) in [5.74, 6) is -0.516. The van der Waals surface area contributed by atoms with E-state index in [1.54, 1.807) is 0 Å². The molecule has 0 aromatic heterocycles. The third-order valence-corrected chi connectivity index (χ3v) is 3.07. The van der Waals surface area contributed by atoms with Crippen LogP contribution in [0.25, 0.3) is 6.08 Å². The van der Waals surface area contributed by atoms with Gasteiger partial charge >= 0.3 is 6.03 Å². The van der Waals surface area contributed by atoms with E-state index in [0.717, 1.165) is 4.90 Å². The Morgan fingerprint density at radius 2 is 2.14 bits per heavy atom. The Labute approximate surface area is 124 Å². The second-order valence-electron chi connectivity index (χ2n) is 4.16. The molecule has 21 heavy (non-hydrogen) atoms. The molecular weight excluding hydrogens is 298 g/mol. The topological polar surface area (TPSA) is 92.6 Å². The molecule has 0 radical (unpaired) electrons. The number of urea groups is 1. The molecule has 3 amide bonds. The SMILES string of the molecule is C=CCN1C(=O)N/C(=C/c2ccc(Cl)c([N+](=O)[O-])c2)C1=O. The summed E-state index contributed by atoms with van der Waals surface area (Å²) in [5.41, 5.74) is 0.152. The number of imide groups is 1. The summed E-state index contributed by atoms with van der Waals surface area (Å²) in [4.78, 5) is 34.7. The molecule has 0 saturated carbocycles. The summed E-state index contributed by atoms with van der Waals surface area (Å²) < 4.78 is 0. The van der Waals surface area contributed by atoms with Crippen LogP contribution >= 0.6 is 11.6 Å². The maximum Gasteiger partial charge on any atom is 0.329 e. The molecule has 108 valence electrons. The van der Waals surface area contributed by atoms with Crippen molar-refractivity contribution in [2.75, 3.05) is 6.54 Å². The van der Waals surface area contributed by atoms with Gasteiger partial charge in [0.25, 0.3) is 11.6 Å². The van der Waals surface area contributed by atoms with Gasteiger partial charge < -0.3 is 5.32 Å². The molecule has 1 aliphatic heterocycles. The first-order valence-corrected chi connectivity index (χ1v) is 6.21. The van der Waals surface area contributed by atoms with Crippen LogP contribution in [-0.2, 0) is 4.79 Å². The molecule has 1 heterocycles. The van der Waals surface area contributed by atoms with E-state index < -0.39 is 16.9 Å². The Morgan fingerprint density at radius 3 is 2.76 bits per heavy atom. The monoisotopic (exact) mass is 307 g/mol. The molecule has 0 unspecified atom stereocenters. The van der Waals surface area contributed by atoms with Crippen molar-refractivity contribution in [3.05, 3.63) is 57.3 Å². The quantitative estimate of drug-likeness (QED) is 0.304. The number of rotatable bonds is 4. The van der Waals surface area contributed by atoms with Gasteiger partial charge in [0.15, 0.2) is 0 Å². The molecule has 0 bridgehead atoms. The number of amides is 3. The van der Waals surface area contributed by atoms with Gasteiger partial charge in [-0.15, -0.1) is 6.58 Å². The van der Waals surface area contributed by atoms with E-state index in [9.17, 15) is 19.7 Å². The van der Waals surface area contributed by atoms with Crippen molar-refractivity contribution < 1.29 is 14.5 Å². The van der Waals surface area contributed by atoms with E-state index in [-0.39, 0.29) is 23.0 Å². The number of nitro groups is 1. The minimum Gasteiger partial charge on any atom is -0.303 e. The van der Waals surface area contributed by atoms with E-state index in [2.05, 4.69) is 11.9 Å². The van der Waals surface area contributed by atoms with Crippen LogP contribution in [0.2, 0.25) is 5.02 Å². The molecule has 0 aliphatic carbocycles. The minimum absolute atomic E-state index is 0.00258. The number of carbonyl (C=O) groups excluding carboxylic acids is 2. The van der Waals surface area contributed by atoms with Crippen molar-refractivity contribution in [3.8, 4) is 0 Å². The van der Waals surface area contributed by atoms with Crippen molar-refractivity contribution in [1.29, 1.82) is 0 Å². The van der Waals surface area contributed by atoms with Crippen LogP contribution in [0.15, 0.2) is 36.6 Å². The molecule has 1 fully saturated rings. The maximum absolute atomic E-state index is 12.0. The normalized spacial score (nSPS) is 16.2. The third-order valence-electron chi connectivity index (χ3n) is 2.75. The lowest BCUT2D eigenvalue weighted by atomic mass is 10.1. The second-order valence-corrected chi connectivity index (χ2v) is 4.57. The zero-order valence-electron chi connectivity index (χ0n) is 10.7. The van der Waals surface area contributed by atoms with Crippen LogP contribution < -0.4 is 5.32 Å². The molecule has 8 heteroatoms. The summed E-state index contributed by atoms with van der Waals surface area (Å²) in [6.45, 7) is 3.55. The second kappa shape index (κ2) is 5.76. The average Bonchev–Trinajstić information content (AvgIpc) is 2.69. The van der Waals surface area contributed by atoms with Gasteiger partial charge in [0.1, 0.15) is 10.7 Å². The molecule has 0 spiro atoms. The first kappa shape index (κ1) is 14.7. The standard InChI is InChI=1S/C13H10ClN3O4/c1-2-5-16-12(18)10(15-13(16)19)6-8-3-4-9(14)11(7-8)17(20)21/h2-4,6-7H,1,5H2,(H,15,19)/b10-6+. The van der Waals surface area contributed by atoms with Crippen molar-refractivity contribution in [2.45, 2.75) is 0 Å². The van der Waals surface area contributed by atoms with Crippen LogP contribution in [0.1, 0.15) is 5.56 Å². The Balaban J connectivity index is 2.35. The minimum atomic E-state index is -0.622. The van der Waals surface area contributed by atoms with E-state index >= 15 is 0 Å². The fourth-order valence-corrected chi connectivity index (χ4v) is 1.98. The number of nitrogens with zero attached hydrogens (tertiary/aromatic N) is 2. The molecule has 1 aliphatic rings. The van der Waals surface area contributed by atoms with E-state index in [1.807, 2.05) is 0 Å². The largest absolute Gasteiger partial charge is 0.329 e. The highest BCUT2D eigenvalue weighted by Crippen LogP contribution is 2.26. The molecule has 7 nitrogen and oxygen atoms in total. The predicted molar refractivity (Wildman–Crippen MR) is 76.5 cm³/mol. The maximum atomic E-state index is 12.0. The predicted octanol–water partition coefficient (Wildman–Crippen LogP) is 2.33. The Hall–Kier alpha value is -2.67. The summed E-state index contributed by atoms with van der Waals surface area (Å²) in [7, 11) is 0. The number of nitro benzene ring substituents is 1. The van der Waals surface area contributed by atoms with Crippen LogP contribution in [-0.4, -0.2) is 28.3 Å². The molecule has 0 atom stereocenters. The van der Waals surface area contributed by atoms with Crippen molar-refractivity contribution in [3.63, 3.8) is 0 Å². The van der Waals surface area contributed by atoms with Gasteiger partial charge in [-0.05, 0) is 17.7 Å². The third kappa shape index (κ3) is 2.92. The van der Waals surface area contributed by atoms with Crippen LogP contribution in [0, 0.1) is 10.1 Å². The van der Waals surface area contributed by atoms with Crippen molar-refractivity contribution >= 4 is 35.3 Å². The summed E-state index contributed by atoms with van der Waals surface area (Å²) >= 11 is 5.71. The lowest BCUT2D eigenvalue weighted by Crippen LogP contribution is -2.30. The fraction of sp³-hybridized carbons (Fsp3) is 0.0769. The van der Waals surface area contributed by atoms with Crippen LogP contribution in [0.3, 0.4) is 0 Å². The van der Waals surface area contributed by atoms with Gasteiger partial charge in [-0.2, -0.15) is 0 Å². The first-order valence-electron chi connectivity index (χ1n) is 5.83. The van der Waals surface area contributed by atoms with Crippen LogP contribution in [0.4, 0.5) is 10.5 Å². The number of nitrogens with one attached hydrogen (secondary N) is 1. The molecule has 2 rings (SSSR count). The first-order chi connectivity index (χ1) is 9.93. The summed E-state index contributed by atoms with van der Waals surface area (Å²) in [6.07, 6.45) is 2.78. The van der Waals surface area contributed by atoms with Gasteiger partial charge in [0, 0.05) is 12.6 Å². The highest BCUT2D eigenvalue weighted by molar-refractivity contribution is 6.32. The van der Waals surface area contributed by atoms with Gasteiger partial charge in [0.2, 0.25) is 0 Å². The molecule has 1 N–H and O–H groups in total. The van der Waals surface area contributed by atoms with Crippen molar-refractivity contribution in [2.24, 2.45) is 0 Å². The zero-order chi connectivity index (χ0) is 15.6. The van der Waals surface area contributed by atoms with Gasteiger partial charge in [0.05, 0.1) is 4.92 Å². The lowest BCUT2D eigenvalue weighted by molar-refractivity contribution is -0.384. The Kier molecular flexibility index (Phi) is 4.04. The number of hydrogen-bond donors (Lipinski definition) is 1. The van der Waals surface area contributed by atoms with Crippen LogP contribution in [0.5, 0.6) is 0 Å². The smallest absolute Gasteiger partial charge is 0.303 e. The molecular formula is C13H10ClN3O4. The van der Waals surface area contributed by atoms with E-state index in [0.29, 0.717) is 5.56 Å². The number of carbonyl (C=O) groups is 2. The summed E-state index contributed by atoms with van der Waals surface area (Å²) in [5, 5.41) is 13.2. The van der Waals surface area contributed by atoms with Gasteiger partial charge in [-0.25, -0.2) is 4.79 Å². The highest BCUT2D eigenvalue weighted by atomic mass is 35.5. The highest BCUT2D eigenvalue weighted by Gasteiger charge is 2.32. The van der Waals surface area contributed by atoms with E-state index in [1.165, 1.54) is 30.4 Å². The van der Waals surface area contributed by atoms with E-state index in [4.69, 9.17) is 11.6 Å². The molecule has 1 saturated heterocycles. The number of hydrogen-bond acceptors (Lipinski definition) is 4. The fourth-order valence-electron chi connectivity index (χ4n) is 1.79. The summed E-state index contributed by atoms with van der Waals surface area (Å²) in [6, 6.07) is 3.53. The molecule has 1 aromatic carbocycles.